The van der Waals surface area contributed by atoms with Crippen molar-refractivity contribution >= 4 is 23.5 Å². The highest BCUT2D eigenvalue weighted by molar-refractivity contribution is 6.24. The minimum absolute atomic E-state index is 0.154. The maximum absolute atomic E-state index is 14.9. The van der Waals surface area contributed by atoms with Gasteiger partial charge in [0.25, 0.3) is 0 Å². The van der Waals surface area contributed by atoms with E-state index in [2.05, 4.69) is 5.32 Å². The number of benzene rings is 3. The minimum atomic E-state index is -1.74. The summed E-state index contributed by atoms with van der Waals surface area (Å²) in [6.07, 6.45) is 0. The predicted molar refractivity (Wildman–Crippen MR) is 118 cm³/mol. The van der Waals surface area contributed by atoms with Crippen LogP contribution in [0.2, 0.25) is 0 Å². The third-order valence-corrected chi connectivity index (χ3v) is 6.62. The molecule has 5 rings (SSSR count). The first-order valence-corrected chi connectivity index (χ1v) is 10.7. The lowest BCUT2D eigenvalue weighted by Gasteiger charge is -2.33. The molecular formula is C26H20F2N2O4. The maximum atomic E-state index is 14.9. The molecule has 2 fully saturated rings. The predicted octanol–water partition coefficient (Wildman–Crippen LogP) is 3.48. The van der Waals surface area contributed by atoms with E-state index in [9.17, 15) is 23.2 Å². The van der Waals surface area contributed by atoms with Crippen molar-refractivity contribution in [3.05, 3.63) is 102 Å². The number of amides is 2. The van der Waals surface area contributed by atoms with Crippen molar-refractivity contribution in [1.82, 2.24) is 5.32 Å². The van der Waals surface area contributed by atoms with Gasteiger partial charge in [0.1, 0.15) is 11.6 Å². The molecule has 0 bridgehead atoms. The van der Waals surface area contributed by atoms with Crippen LogP contribution in [0.5, 0.6) is 0 Å². The number of ether oxygens (including phenoxy) is 1. The van der Waals surface area contributed by atoms with E-state index in [0.717, 1.165) is 17.0 Å². The van der Waals surface area contributed by atoms with Crippen molar-refractivity contribution in [3.8, 4) is 0 Å². The maximum Gasteiger partial charge on any atom is 0.331 e. The first-order chi connectivity index (χ1) is 16.4. The van der Waals surface area contributed by atoms with Gasteiger partial charge in [-0.15, -0.1) is 0 Å². The Labute approximate surface area is 194 Å². The number of hydrogen-bond acceptors (Lipinski definition) is 5. The molecule has 2 heterocycles. The summed E-state index contributed by atoms with van der Waals surface area (Å²) in [4.78, 5) is 41.8. The van der Waals surface area contributed by atoms with Crippen LogP contribution >= 0.6 is 0 Å². The molecule has 0 aliphatic carbocycles. The van der Waals surface area contributed by atoms with E-state index in [1.165, 1.54) is 37.4 Å². The van der Waals surface area contributed by atoms with Gasteiger partial charge in [-0.1, -0.05) is 48.5 Å². The van der Waals surface area contributed by atoms with Crippen LogP contribution in [0.4, 0.5) is 14.5 Å². The number of esters is 1. The van der Waals surface area contributed by atoms with Crippen LogP contribution in [0.25, 0.3) is 0 Å². The second kappa shape index (κ2) is 8.14. The van der Waals surface area contributed by atoms with Gasteiger partial charge < -0.3 is 4.74 Å². The van der Waals surface area contributed by atoms with E-state index in [1.54, 1.807) is 36.4 Å². The lowest BCUT2D eigenvalue weighted by molar-refractivity contribution is -0.152. The second-order valence-electron chi connectivity index (χ2n) is 8.30. The summed E-state index contributed by atoms with van der Waals surface area (Å²) in [5.74, 6) is -5.45. The number of nitrogens with one attached hydrogen (secondary N) is 1. The lowest BCUT2D eigenvalue weighted by Crippen LogP contribution is -2.53. The molecule has 2 aliphatic heterocycles. The number of methoxy groups -OCH3 is 1. The number of fused-ring (bicyclic) bond motifs is 1. The van der Waals surface area contributed by atoms with E-state index < -0.39 is 52.8 Å². The number of halogens is 2. The standard InChI is InChI=1S/C26H20F2N2O4/c1-34-25(33)26(15-7-3-2-4-8-15)21-20(22(29-26)18-9-5-6-10-19(18)28)23(31)30(24(21)32)17-13-11-16(27)12-14-17/h2-14,20-22,29H,1H3/t20-,21+,22-,26-/m1/s1. The molecule has 0 aromatic heterocycles. The highest BCUT2D eigenvalue weighted by Crippen LogP contribution is 2.54. The highest BCUT2D eigenvalue weighted by atomic mass is 19.1. The van der Waals surface area contributed by atoms with Gasteiger partial charge in [-0.05, 0) is 35.9 Å². The van der Waals surface area contributed by atoms with Gasteiger partial charge >= 0.3 is 5.97 Å². The van der Waals surface area contributed by atoms with Crippen LogP contribution in [0.1, 0.15) is 17.2 Å². The molecule has 6 nitrogen and oxygen atoms in total. The number of anilines is 1. The molecule has 0 unspecified atom stereocenters. The zero-order valence-corrected chi connectivity index (χ0v) is 18.1. The van der Waals surface area contributed by atoms with E-state index in [-0.39, 0.29) is 11.3 Å². The summed E-state index contributed by atoms with van der Waals surface area (Å²) < 4.78 is 33.6. The summed E-state index contributed by atoms with van der Waals surface area (Å²) >= 11 is 0. The topological polar surface area (TPSA) is 75.7 Å². The Kier molecular flexibility index (Phi) is 5.25. The number of nitrogens with zero attached hydrogens (tertiary/aromatic N) is 1. The van der Waals surface area contributed by atoms with Gasteiger partial charge in [0.2, 0.25) is 11.8 Å². The summed E-state index contributed by atoms with van der Waals surface area (Å²) in [5.41, 5.74) is -1.00. The Morgan fingerprint density at radius 2 is 1.56 bits per heavy atom. The van der Waals surface area contributed by atoms with Gasteiger partial charge in [0.15, 0.2) is 5.54 Å². The van der Waals surface area contributed by atoms with E-state index in [4.69, 9.17) is 4.74 Å². The average molecular weight is 462 g/mol. The van der Waals surface area contributed by atoms with Gasteiger partial charge in [-0.25, -0.2) is 18.5 Å². The fourth-order valence-corrected chi connectivity index (χ4v) is 5.18. The molecule has 0 radical (unpaired) electrons. The van der Waals surface area contributed by atoms with Gasteiger partial charge in [0.05, 0.1) is 24.6 Å². The summed E-state index contributed by atoms with van der Waals surface area (Å²) in [5, 5.41) is 3.13. The first kappa shape index (κ1) is 21.9. The minimum Gasteiger partial charge on any atom is -0.467 e. The van der Waals surface area contributed by atoms with Gasteiger partial charge in [-0.3, -0.25) is 14.9 Å². The molecule has 8 heteroatoms. The highest BCUT2D eigenvalue weighted by Gasteiger charge is 2.70. The number of imide groups is 1. The Morgan fingerprint density at radius 1 is 0.912 bits per heavy atom. The Bertz CT molecular complexity index is 1280. The zero-order valence-electron chi connectivity index (χ0n) is 18.1. The third-order valence-electron chi connectivity index (χ3n) is 6.62. The van der Waals surface area contributed by atoms with Gasteiger partial charge in [-0.2, -0.15) is 0 Å². The van der Waals surface area contributed by atoms with Crippen molar-refractivity contribution in [2.24, 2.45) is 11.8 Å². The average Bonchev–Trinajstić information content (AvgIpc) is 3.34. The molecule has 3 aromatic rings. The fraction of sp³-hybridized carbons (Fsp3) is 0.192. The molecule has 1 N–H and O–H groups in total. The van der Waals surface area contributed by atoms with Crippen molar-refractivity contribution in [1.29, 1.82) is 0 Å². The Hall–Kier alpha value is -3.91. The molecule has 2 amide bonds. The SMILES string of the molecule is COC(=O)[C@]1(c2ccccc2)N[C@H](c2ccccc2F)[C@@H]2C(=O)N(c3ccc(F)cc3)C(=O)[C@H]21. The number of carbonyl (C=O) groups excluding carboxylic acids is 3. The number of carbonyl (C=O) groups is 3. The van der Waals surface area contributed by atoms with Gasteiger partial charge in [0, 0.05) is 11.6 Å². The molecule has 4 atom stereocenters. The smallest absolute Gasteiger partial charge is 0.331 e. The van der Waals surface area contributed by atoms with Crippen LogP contribution < -0.4 is 10.2 Å². The molecule has 3 aromatic carbocycles. The van der Waals surface area contributed by atoms with Crippen LogP contribution in [0.3, 0.4) is 0 Å². The van der Waals surface area contributed by atoms with E-state index >= 15 is 0 Å². The quantitative estimate of drug-likeness (QED) is 0.475. The van der Waals surface area contributed by atoms with Crippen molar-refractivity contribution < 1.29 is 27.9 Å². The summed E-state index contributed by atoms with van der Waals surface area (Å²) in [7, 11) is 1.19. The zero-order chi connectivity index (χ0) is 24.0. The fourth-order valence-electron chi connectivity index (χ4n) is 5.18. The number of hydrogen-bond donors (Lipinski definition) is 1. The first-order valence-electron chi connectivity index (χ1n) is 10.7. The Balaban J connectivity index is 1.74. The van der Waals surface area contributed by atoms with E-state index in [1.807, 2.05) is 0 Å². The molecule has 34 heavy (non-hydrogen) atoms. The van der Waals surface area contributed by atoms with Crippen molar-refractivity contribution in [2.75, 3.05) is 12.0 Å². The monoisotopic (exact) mass is 462 g/mol. The lowest BCUT2D eigenvalue weighted by atomic mass is 9.75. The number of rotatable bonds is 4. The van der Waals surface area contributed by atoms with Crippen LogP contribution in [0, 0.1) is 23.5 Å². The Morgan fingerprint density at radius 3 is 2.21 bits per heavy atom. The molecular weight excluding hydrogens is 442 g/mol. The van der Waals surface area contributed by atoms with Crippen LogP contribution in [-0.2, 0) is 24.7 Å². The molecule has 172 valence electrons. The van der Waals surface area contributed by atoms with Crippen LogP contribution in [0.15, 0.2) is 78.9 Å². The van der Waals surface area contributed by atoms with Crippen molar-refractivity contribution in [2.45, 2.75) is 11.6 Å². The van der Waals surface area contributed by atoms with Crippen molar-refractivity contribution in [3.63, 3.8) is 0 Å². The normalized spacial score (nSPS) is 26.0. The third kappa shape index (κ3) is 3.06. The molecule has 2 saturated heterocycles. The second-order valence-corrected chi connectivity index (χ2v) is 8.30. The summed E-state index contributed by atoms with van der Waals surface area (Å²) in [6.45, 7) is 0. The summed E-state index contributed by atoms with van der Waals surface area (Å²) in [6, 6.07) is 18.3. The van der Waals surface area contributed by atoms with Crippen LogP contribution in [-0.4, -0.2) is 24.9 Å². The molecule has 0 saturated carbocycles. The molecule has 2 aliphatic rings. The largest absolute Gasteiger partial charge is 0.467 e. The molecule has 0 spiro atoms. The van der Waals surface area contributed by atoms with E-state index in [0.29, 0.717) is 5.56 Å².